The van der Waals surface area contributed by atoms with Crippen molar-refractivity contribution in [2.75, 3.05) is 50.8 Å². The Morgan fingerprint density at radius 2 is 1.97 bits per heavy atom. The summed E-state index contributed by atoms with van der Waals surface area (Å²) in [5.74, 6) is 1.73. The van der Waals surface area contributed by atoms with E-state index >= 15 is 0 Å². The minimum absolute atomic E-state index is 0.193. The van der Waals surface area contributed by atoms with Crippen LogP contribution >= 0.6 is 0 Å². The average Bonchev–Trinajstić information content (AvgIpc) is 2.68. The molecule has 9 heteroatoms. The van der Waals surface area contributed by atoms with Gasteiger partial charge in [-0.2, -0.15) is 0 Å². The first-order valence-corrected chi connectivity index (χ1v) is 10.1. The maximum atomic E-state index is 12.2. The molecule has 3 rings (SSSR count). The number of hydrogen-bond donors (Lipinski definition) is 2. The number of esters is 1. The van der Waals surface area contributed by atoms with Crippen LogP contribution in [0.3, 0.4) is 0 Å². The van der Waals surface area contributed by atoms with E-state index in [4.69, 9.17) is 9.72 Å². The van der Waals surface area contributed by atoms with Gasteiger partial charge in [0.05, 0.1) is 18.7 Å². The number of hydrogen-bond acceptors (Lipinski definition) is 7. The molecule has 0 unspecified atom stereocenters. The number of nitrogens with zero attached hydrogens (tertiary/aromatic N) is 4. The fourth-order valence-corrected chi connectivity index (χ4v) is 3.43. The Morgan fingerprint density at radius 3 is 2.62 bits per heavy atom. The van der Waals surface area contributed by atoms with Gasteiger partial charge in [-0.25, -0.2) is 19.6 Å². The van der Waals surface area contributed by atoms with Crippen molar-refractivity contribution in [1.29, 1.82) is 0 Å². The van der Waals surface area contributed by atoms with E-state index in [-0.39, 0.29) is 24.5 Å². The van der Waals surface area contributed by atoms with E-state index in [1.165, 1.54) is 0 Å². The van der Waals surface area contributed by atoms with Gasteiger partial charge >= 0.3 is 12.0 Å². The molecule has 1 aromatic rings. The molecule has 0 saturated carbocycles. The van der Waals surface area contributed by atoms with Gasteiger partial charge < -0.3 is 20.3 Å². The molecule has 0 aromatic carbocycles. The number of urea groups is 1. The lowest BCUT2D eigenvalue weighted by atomic mass is 10.1. The van der Waals surface area contributed by atoms with Crippen molar-refractivity contribution in [2.45, 2.75) is 33.6 Å². The van der Waals surface area contributed by atoms with Crippen molar-refractivity contribution >= 4 is 17.8 Å². The Morgan fingerprint density at radius 1 is 1.24 bits per heavy atom. The van der Waals surface area contributed by atoms with Gasteiger partial charge in [-0.1, -0.05) is 13.8 Å². The van der Waals surface area contributed by atoms with Crippen LogP contribution in [0.5, 0.6) is 0 Å². The van der Waals surface area contributed by atoms with E-state index < -0.39 is 0 Å². The fourth-order valence-electron chi connectivity index (χ4n) is 3.43. The zero-order chi connectivity index (χ0) is 21.0. The summed E-state index contributed by atoms with van der Waals surface area (Å²) >= 11 is 0. The minimum Gasteiger partial charge on any atom is -0.463 e. The van der Waals surface area contributed by atoms with E-state index in [1.807, 2.05) is 13.0 Å². The number of carbonyl (C=O) groups is 2. The second-order valence-electron chi connectivity index (χ2n) is 7.63. The third-order valence-corrected chi connectivity index (χ3v) is 5.03. The minimum atomic E-state index is -0.383. The predicted octanol–water partition coefficient (Wildman–Crippen LogP) is 1.16. The smallest absolute Gasteiger partial charge is 0.337 e. The summed E-state index contributed by atoms with van der Waals surface area (Å²) in [6, 6.07) is 1.74. The van der Waals surface area contributed by atoms with Crippen LogP contribution in [-0.2, 0) is 9.53 Å². The molecule has 1 fully saturated rings. The molecule has 0 bridgehead atoms. The van der Waals surface area contributed by atoms with Crippen LogP contribution in [0.2, 0.25) is 0 Å². The topological polar surface area (TPSA) is 99.7 Å². The molecule has 29 heavy (non-hydrogen) atoms. The van der Waals surface area contributed by atoms with Crippen LogP contribution in [0.4, 0.5) is 10.6 Å². The summed E-state index contributed by atoms with van der Waals surface area (Å²) in [6.45, 7) is 12.2. The summed E-state index contributed by atoms with van der Waals surface area (Å²) < 4.78 is 5.12. The van der Waals surface area contributed by atoms with E-state index in [0.29, 0.717) is 24.4 Å². The maximum absolute atomic E-state index is 12.2. The first kappa shape index (κ1) is 21.0. The van der Waals surface area contributed by atoms with Gasteiger partial charge in [0.15, 0.2) is 0 Å². The number of piperazine rings is 1. The van der Waals surface area contributed by atoms with Gasteiger partial charge in [0, 0.05) is 56.1 Å². The Kier molecular flexibility index (Phi) is 6.68. The zero-order valence-corrected chi connectivity index (χ0v) is 17.6. The quantitative estimate of drug-likeness (QED) is 0.689. The first-order valence-electron chi connectivity index (χ1n) is 10.1. The van der Waals surface area contributed by atoms with Gasteiger partial charge in [-0.05, 0) is 13.8 Å². The maximum Gasteiger partial charge on any atom is 0.337 e. The molecular formula is C20H30N6O3. The van der Waals surface area contributed by atoms with Gasteiger partial charge in [0.1, 0.15) is 11.6 Å². The molecule has 1 saturated heterocycles. The van der Waals surface area contributed by atoms with Crippen molar-refractivity contribution in [3.8, 4) is 0 Å². The molecule has 0 radical (unpaired) electrons. The average molecular weight is 402 g/mol. The van der Waals surface area contributed by atoms with Crippen LogP contribution < -0.4 is 15.5 Å². The predicted molar refractivity (Wildman–Crippen MR) is 110 cm³/mol. The molecule has 3 heterocycles. The Labute approximate surface area is 171 Å². The Balaban J connectivity index is 1.66. The number of amides is 2. The van der Waals surface area contributed by atoms with Crippen molar-refractivity contribution in [3.63, 3.8) is 0 Å². The van der Waals surface area contributed by atoms with E-state index in [1.54, 1.807) is 6.92 Å². The number of carbonyl (C=O) groups excluding carboxylic acids is 2. The van der Waals surface area contributed by atoms with Gasteiger partial charge in [-0.3, -0.25) is 4.90 Å². The molecule has 2 aliphatic heterocycles. The third kappa shape index (κ3) is 5.23. The van der Waals surface area contributed by atoms with Crippen molar-refractivity contribution in [1.82, 2.24) is 25.5 Å². The normalized spacial score (nSPS) is 18.0. The van der Waals surface area contributed by atoms with Crippen LogP contribution in [-0.4, -0.2) is 72.7 Å². The molecule has 0 spiro atoms. The molecule has 0 atom stereocenters. The van der Waals surface area contributed by atoms with Crippen LogP contribution in [0.15, 0.2) is 17.3 Å². The monoisotopic (exact) mass is 402 g/mol. The van der Waals surface area contributed by atoms with Gasteiger partial charge in [0.2, 0.25) is 0 Å². The lowest BCUT2D eigenvalue weighted by Gasteiger charge is -2.36. The van der Waals surface area contributed by atoms with Crippen LogP contribution in [0, 0.1) is 6.92 Å². The lowest BCUT2D eigenvalue weighted by molar-refractivity contribution is -0.138. The summed E-state index contributed by atoms with van der Waals surface area (Å²) in [5, 5.41) is 5.41. The largest absolute Gasteiger partial charge is 0.463 e. The van der Waals surface area contributed by atoms with Crippen LogP contribution in [0.1, 0.15) is 38.2 Å². The molecule has 158 valence electrons. The number of rotatable bonds is 6. The highest BCUT2D eigenvalue weighted by Crippen LogP contribution is 2.19. The van der Waals surface area contributed by atoms with Gasteiger partial charge in [-0.15, -0.1) is 0 Å². The highest BCUT2D eigenvalue weighted by molar-refractivity contribution is 5.93. The standard InChI is InChI=1S/C20H30N6O3/c1-5-29-19(27)15-11-21-20(28)23-16(15)12-25-6-8-26(9-7-25)17-10-14(4)22-18(24-17)13(2)3/h10,13H,5-9,11-12H2,1-4H3,(H2,21,23,28). The molecule has 2 aliphatic rings. The number of anilines is 1. The summed E-state index contributed by atoms with van der Waals surface area (Å²) in [5.41, 5.74) is 2.09. The Bertz CT molecular complexity index is 799. The van der Waals surface area contributed by atoms with E-state index in [0.717, 1.165) is 43.5 Å². The van der Waals surface area contributed by atoms with Crippen molar-refractivity contribution in [3.05, 3.63) is 28.9 Å². The van der Waals surface area contributed by atoms with E-state index in [2.05, 4.69) is 39.3 Å². The number of aryl methyl sites for hydroxylation is 1. The van der Waals surface area contributed by atoms with Crippen molar-refractivity contribution in [2.24, 2.45) is 0 Å². The van der Waals surface area contributed by atoms with Gasteiger partial charge in [0.25, 0.3) is 0 Å². The van der Waals surface area contributed by atoms with Crippen LogP contribution in [0.25, 0.3) is 0 Å². The fraction of sp³-hybridized carbons (Fsp3) is 0.600. The zero-order valence-electron chi connectivity index (χ0n) is 17.6. The third-order valence-electron chi connectivity index (χ3n) is 5.03. The molecule has 0 aliphatic carbocycles. The summed E-state index contributed by atoms with van der Waals surface area (Å²) in [6.07, 6.45) is 0. The number of nitrogens with one attached hydrogen (secondary N) is 2. The highest BCUT2D eigenvalue weighted by atomic mass is 16.5. The molecule has 2 amide bonds. The molecule has 9 nitrogen and oxygen atoms in total. The second-order valence-corrected chi connectivity index (χ2v) is 7.63. The number of aromatic nitrogens is 2. The molecular weight excluding hydrogens is 372 g/mol. The first-order chi connectivity index (χ1) is 13.9. The summed E-state index contributed by atoms with van der Waals surface area (Å²) in [7, 11) is 0. The summed E-state index contributed by atoms with van der Waals surface area (Å²) in [4.78, 5) is 37.7. The second kappa shape index (κ2) is 9.21. The SMILES string of the molecule is CCOC(=O)C1=C(CN2CCN(c3cc(C)nc(C(C)C)n3)CC2)NC(=O)NC1. The van der Waals surface area contributed by atoms with Crippen molar-refractivity contribution < 1.29 is 14.3 Å². The molecule has 2 N–H and O–H groups in total. The lowest BCUT2D eigenvalue weighted by Crippen LogP contribution is -2.51. The highest BCUT2D eigenvalue weighted by Gasteiger charge is 2.27. The Hall–Kier alpha value is -2.68. The molecule has 1 aromatic heterocycles. The number of ether oxygens (including phenoxy) is 1. The van der Waals surface area contributed by atoms with E-state index in [9.17, 15) is 9.59 Å².